The summed E-state index contributed by atoms with van der Waals surface area (Å²) in [5.74, 6) is -2.77. The highest BCUT2D eigenvalue weighted by Gasteiger charge is 2.61. The molecular formula is C41H51N5O8S. The van der Waals surface area contributed by atoms with E-state index in [9.17, 15) is 24.3 Å². The molecule has 3 aliphatic carbocycles. The van der Waals surface area contributed by atoms with Crippen LogP contribution in [0.15, 0.2) is 41.8 Å². The number of carboxylic acids is 1. The maximum Gasteiger partial charge on any atom is 0.407 e. The number of nitrogens with zero attached hydrogens (tertiary/aromatic N) is 2. The van der Waals surface area contributed by atoms with Gasteiger partial charge in [0.1, 0.15) is 34.9 Å². The van der Waals surface area contributed by atoms with Crippen molar-refractivity contribution in [1.29, 1.82) is 0 Å². The van der Waals surface area contributed by atoms with Crippen molar-refractivity contribution < 1.29 is 38.5 Å². The summed E-state index contributed by atoms with van der Waals surface area (Å²) < 4.78 is 18.0. The molecule has 0 radical (unpaired) electrons. The molecule has 0 spiro atoms. The van der Waals surface area contributed by atoms with E-state index >= 15 is 0 Å². The van der Waals surface area contributed by atoms with Crippen LogP contribution in [0.3, 0.4) is 0 Å². The van der Waals surface area contributed by atoms with Crippen LogP contribution in [0.2, 0.25) is 0 Å². The number of Topliss-reactive ketones (excluding diaryl/α,β-unsaturated/α-hetero) is 1. The number of ketones is 1. The summed E-state index contributed by atoms with van der Waals surface area (Å²) in [5, 5.41) is 22.8. The Labute approximate surface area is 325 Å². The van der Waals surface area contributed by atoms with E-state index in [1.54, 1.807) is 7.11 Å². The molecule has 294 valence electrons. The van der Waals surface area contributed by atoms with E-state index in [1.807, 2.05) is 55.6 Å². The monoisotopic (exact) mass is 773 g/mol. The molecule has 3 fully saturated rings. The number of aliphatic carboxylic acids is 1. The number of amides is 2. The molecule has 4 N–H and O–H groups in total. The Balaban J connectivity index is 1.20. The van der Waals surface area contributed by atoms with E-state index in [-0.39, 0.29) is 43.1 Å². The topological polar surface area (TPSA) is 178 Å². The minimum absolute atomic E-state index is 0.173. The fourth-order valence-electron chi connectivity index (χ4n) is 8.31. The van der Waals surface area contributed by atoms with Gasteiger partial charge >= 0.3 is 12.1 Å². The number of anilines is 1. The zero-order valence-corrected chi connectivity index (χ0v) is 32.5. The number of benzene rings is 1. The number of rotatable bonds is 9. The Bertz CT molecular complexity index is 1940. The average molecular weight is 774 g/mol. The lowest BCUT2D eigenvalue weighted by atomic mass is 9.86. The van der Waals surface area contributed by atoms with Gasteiger partial charge in [-0.1, -0.05) is 25.0 Å². The maximum absolute atomic E-state index is 14.6. The zero-order valence-electron chi connectivity index (χ0n) is 31.7. The van der Waals surface area contributed by atoms with Crippen LogP contribution >= 0.6 is 11.3 Å². The SMILES string of the molecule is COc1ccc2c(O[C@H]3CC4C(=O)[C@@H](NC(=O)OC5CCCC5)CCCCCC=C[C@@H]5C[C@@]5(C(=O)O)NC(=O)[C@@H]4C3)cc(-c3csc(NC(C)C)n3)nc2c1. The summed E-state index contributed by atoms with van der Waals surface area (Å²) in [5.41, 5.74) is 0.458. The summed E-state index contributed by atoms with van der Waals surface area (Å²) in [7, 11) is 1.59. The Morgan fingerprint density at radius 1 is 0.982 bits per heavy atom. The summed E-state index contributed by atoms with van der Waals surface area (Å²) >= 11 is 1.48. The number of methoxy groups -OCH3 is 1. The second kappa shape index (κ2) is 16.6. The van der Waals surface area contributed by atoms with Crippen LogP contribution in [-0.2, 0) is 19.1 Å². The number of thiazole rings is 1. The highest BCUT2D eigenvalue weighted by Crippen LogP contribution is 2.47. The molecule has 2 amide bonds. The second-order valence-corrected chi connectivity index (χ2v) is 16.6. The van der Waals surface area contributed by atoms with Crippen molar-refractivity contribution in [2.24, 2.45) is 17.8 Å². The molecule has 6 atom stereocenters. The molecule has 3 saturated carbocycles. The number of ether oxygens (including phenoxy) is 3. The van der Waals surface area contributed by atoms with Crippen LogP contribution in [0, 0.1) is 17.8 Å². The van der Waals surface area contributed by atoms with E-state index in [2.05, 4.69) is 16.0 Å². The highest BCUT2D eigenvalue weighted by molar-refractivity contribution is 7.14. The molecule has 1 aromatic carbocycles. The van der Waals surface area contributed by atoms with E-state index in [4.69, 9.17) is 24.2 Å². The van der Waals surface area contributed by atoms with Gasteiger partial charge in [-0.15, -0.1) is 11.3 Å². The number of carbonyl (C=O) groups excluding carboxylic acids is 3. The van der Waals surface area contributed by atoms with Gasteiger partial charge in [-0.2, -0.15) is 0 Å². The Morgan fingerprint density at radius 2 is 1.76 bits per heavy atom. The summed E-state index contributed by atoms with van der Waals surface area (Å²) in [6.45, 7) is 4.08. The zero-order chi connectivity index (χ0) is 38.7. The van der Waals surface area contributed by atoms with Crippen molar-refractivity contribution in [2.45, 2.75) is 121 Å². The van der Waals surface area contributed by atoms with Crippen molar-refractivity contribution in [1.82, 2.24) is 20.6 Å². The lowest BCUT2D eigenvalue weighted by molar-refractivity contribution is -0.144. The number of allylic oxidation sites excluding steroid dienone is 1. The fourth-order valence-corrected chi connectivity index (χ4v) is 9.16. The lowest BCUT2D eigenvalue weighted by Gasteiger charge is -2.25. The molecular weight excluding hydrogens is 723 g/mol. The molecule has 7 rings (SSSR count). The van der Waals surface area contributed by atoms with Crippen molar-refractivity contribution in [3.8, 4) is 22.9 Å². The van der Waals surface area contributed by atoms with Crippen molar-refractivity contribution in [3.05, 3.63) is 41.8 Å². The van der Waals surface area contributed by atoms with E-state index in [0.29, 0.717) is 41.2 Å². The molecule has 4 aliphatic rings. The largest absolute Gasteiger partial charge is 0.497 e. The number of nitrogens with one attached hydrogen (secondary N) is 3. The minimum atomic E-state index is -1.42. The Kier molecular flexibility index (Phi) is 11.6. The highest BCUT2D eigenvalue weighted by atomic mass is 32.1. The quantitative estimate of drug-likeness (QED) is 0.164. The Morgan fingerprint density at radius 3 is 2.53 bits per heavy atom. The first kappa shape index (κ1) is 38.6. The summed E-state index contributed by atoms with van der Waals surface area (Å²) in [4.78, 5) is 64.2. The van der Waals surface area contributed by atoms with Gasteiger partial charge in [-0.25, -0.2) is 19.6 Å². The van der Waals surface area contributed by atoms with Crippen LogP contribution in [0.25, 0.3) is 22.3 Å². The van der Waals surface area contributed by atoms with Crippen LogP contribution in [0.1, 0.15) is 90.9 Å². The van der Waals surface area contributed by atoms with Gasteiger partial charge in [0.15, 0.2) is 10.9 Å². The first-order valence-corrected chi connectivity index (χ1v) is 20.5. The average Bonchev–Trinajstić information content (AvgIpc) is 3.58. The van der Waals surface area contributed by atoms with Crippen LogP contribution in [0.4, 0.5) is 9.93 Å². The van der Waals surface area contributed by atoms with Gasteiger partial charge < -0.3 is 35.3 Å². The second-order valence-electron chi connectivity index (χ2n) is 15.7. The predicted molar refractivity (Wildman–Crippen MR) is 208 cm³/mol. The fraction of sp³-hybridized carbons (Fsp3) is 0.561. The third kappa shape index (κ3) is 8.74. The number of carbonyl (C=O) groups is 4. The molecule has 3 aromatic rings. The normalized spacial score (nSPS) is 27.4. The standard InChI is InChI=1S/C41H51N5O8S/c1-23(2)42-39-44-34(22-55-39)33-20-35(28-16-15-26(52-3)19-32(28)43-33)53-27-17-29-30(18-27)37(48)46-41(38(49)50)21-24(41)11-7-5-4-6-8-14-31(36(29)47)45-40(51)54-25-12-9-10-13-25/h7,11,15-16,19-20,22-25,27,29-31H,4-6,8-10,12-14,17-18,21H2,1-3H3,(H,42,44)(H,45,51)(H,46,48)(H,49,50)/t24-,27+,29?,30-,31+,41-/m1/s1. The number of fused-ring (bicyclic) bond motifs is 3. The van der Waals surface area contributed by atoms with E-state index < -0.39 is 47.5 Å². The molecule has 13 nitrogen and oxygen atoms in total. The van der Waals surface area contributed by atoms with Crippen LogP contribution in [-0.4, -0.2) is 75.8 Å². The van der Waals surface area contributed by atoms with Gasteiger partial charge in [0, 0.05) is 40.8 Å². The van der Waals surface area contributed by atoms with Gasteiger partial charge in [-0.05, 0) is 90.2 Å². The third-order valence-corrected chi connectivity index (χ3v) is 12.1. The van der Waals surface area contributed by atoms with E-state index in [1.165, 1.54) is 11.3 Å². The van der Waals surface area contributed by atoms with Crippen LogP contribution < -0.4 is 25.4 Å². The number of pyridine rings is 1. The molecule has 14 heteroatoms. The number of hydrogen-bond acceptors (Lipinski definition) is 11. The molecule has 1 aliphatic heterocycles. The molecule has 0 bridgehead atoms. The van der Waals surface area contributed by atoms with E-state index in [0.717, 1.165) is 55.5 Å². The smallest absolute Gasteiger partial charge is 0.407 e. The number of alkyl carbamates (subject to hydrolysis) is 1. The number of carboxylic acid groups (broad SMARTS) is 1. The molecule has 3 heterocycles. The molecule has 55 heavy (non-hydrogen) atoms. The first-order valence-electron chi connectivity index (χ1n) is 19.6. The Hall–Kier alpha value is -4.72. The van der Waals surface area contributed by atoms with Gasteiger partial charge in [0.05, 0.1) is 30.3 Å². The van der Waals surface area contributed by atoms with Crippen molar-refractivity contribution >= 4 is 51.1 Å². The predicted octanol–water partition coefficient (Wildman–Crippen LogP) is 7.05. The maximum atomic E-state index is 14.6. The molecule has 2 aromatic heterocycles. The summed E-state index contributed by atoms with van der Waals surface area (Å²) in [6.07, 6.45) is 10.3. The van der Waals surface area contributed by atoms with Crippen molar-refractivity contribution in [3.63, 3.8) is 0 Å². The van der Waals surface area contributed by atoms with Gasteiger partial charge in [0.2, 0.25) is 5.91 Å². The van der Waals surface area contributed by atoms with Gasteiger partial charge in [-0.3, -0.25) is 9.59 Å². The minimum Gasteiger partial charge on any atom is -0.497 e. The molecule has 1 unspecified atom stereocenters. The number of aromatic nitrogens is 2. The third-order valence-electron chi connectivity index (χ3n) is 11.4. The number of hydrogen-bond donors (Lipinski definition) is 4. The molecule has 0 saturated heterocycles. The van der Waals surface area contributed by atoms with Crippen LogP contribution in [0.5, 0.6) is 11.5 Å². The lowest BCUT2D eigenvalue weighted by Crippen LogP contribution is -2.50. The van der Waals surface area contributed by atoms with Gasteiger partial charge in [0.25, 0.3) is 0 Å². The summed E-state index contributed by atoms with van der Waals surface area (Å²) in [6, 6.07) is 6.68. The van der Waals surface area contributed by atoms with Crippen molar-refractivity contribution in [2.75, 3.05) is 12.4 Å². The first-order chi connectivity index (χ1) is 26.5.